The van der Waals surface area contributed by atoms with Gasteiger partial charge in [0.25, 0.3) is 0 Å². The lowest BCUT2D eigenvalue weighted by Gasteiger charge is -2.07. The van der Waals surface area contributed by atoms with Gasteiger partial charge in [0, 0.05) is 33.7 Å². The Morgan fingerprint density at radius 3 is 1.50 bits per heavy atom. The molecule has 4 N–H and O–H groups in total. The molecule has 0 bridgehead atoms. The van der Waals surface area contributed by atoms with Crippen LogP contribution in [0.4, 0.5) is 0 Å². The Bertz CT molecular complexity index is 772. The van der Waals surface area contributed by atoms with Gasteiger partial charge >= 0.3 is 15.2 Å². The van der Waals surface area contributed by atoms with Crippen molar-refractivity contribution >= 4 is 38.7 Å². The van der Waals surface area contributed by atoms with Crippen molar-refractivity contribution in [3.63, 3.8) is 0 Å². The van der Waals surface area contributed by atoms with E-state index in [2.05, 4.69) is 9.97 Å². The van der Waals surface area contributed by atoms with Crippen molar-refractivity contribution in [2.45, 2.75) is 9.79 Å². The van der Waals surface area contributed by atoms with Crippen molar-refractivity contribution in [3.8, 4) is 11.4 Å². The zero-order valence-electron chi connectivity index (χ0n) is 13.5. The lowest BCUT2D eigenvalue weighted by Crippen LogP contribution is -1.93. The second-order valence-electron chi connectivity index (χ2n) is 5.23. The van der Waals surface area contributed by atoms with Crippen LogP contribution in [-0.4, -0.2) is 53.4 Å². The molecule has 0 unspecified atom stereocenters. The second-order valence-corrected chi connectivity index (χ2v) is 11.1. The topological polar surface area (TPSA) is 141 Å². The van der Waals surface area contributed by atoms with Gasteiger partial charge in [0.15, 0.2) is 0 Å². The van der Waals surface area contributed by atoms with Gasteiger partial charge in [-0.15, -0.1) is 23.5 Å². The molecule has 2 aromatic rings. The maximum Gasteiger partial charge on any atom is 0.326 e. The molecule has 0 aliphatic heterocycles. The minimum Gasteiger partial charge on any atom is -0.324 e. The van der Waals surface area contributed by atoms with Gasteiger partial charge in [0.2, 0.25) is 0 Å². The summed E-state index contributed by atoms with van der Waals surface area (Å²) in [4.78, 5) is 45.8. The molecular formula is C14H18N2O6P2S2. The van der Waals surface area contributed by atoms with E-state index >= 15 is 0 Å². The van der Waals surface area contributed by atoms with Crippen LogP contribution in [0.15, 0.2) is 46.5 Å². The number of thioether (sulfide) groups is 2. The quantitative estimate of drug-likeness (QED) is 0.342. The second kappa shape index (κ2) is 9.48. The number of pyridine rings is 2. The third-order valence-electron chi connectivity index (χ3n) is 3.03. The molecule has 2 rings (SSSR count). The smallest absolute Gasteiger partial charge is 0.324 e. The minimum atomic E-state index is -4.01. The Morgan fingerprint density at radius 2 is 1.15 bits per heavy atom. The van der Waals surface area contributed by atoms with E-state index in [1.54, 1.807) is 36.7 Å². The Kier molecular flexibility index (Phi) is 7.88. The fourth-order valence-corrected chi connectivity index (χ4v) is 5.66. The summed E-state index contributed by atoms with van der Waals surface area (Å²) < 4.78 is 21.8. The van der Waals surface area contributed by atoms with Gasteiger partial charge in [-0.1, -0.05) is 0 Å². The zero-order valence-corrected chi connectivity index (χ0v) is 16.9. The molecule has 12 heteroatoms. The standard InChI is InChI=1S/C14H18N2O6P2S2/c17-23(18,19)5-7-25-11-1-3-15-13(9-11)14-10-12(2-4-16-14)26-8-6-24(20,21)22/h1-4,9-10H,5-8H2,(H2,17,18,19)(H2,20,21,22). The third kappa shape index (κ3) is 8.33. The van der Waals surface area contributed by atoms with Crippen molar-refractivity contribution in [2.75, 3.05) is 23.8 Å². The van der Waals surface area contributed by atoms with Gasteiger partial charge in [-0.05, 0) is 24.3 Å². The maximum atomic E-state index is 10.9. The van der Waals surface area contributed by atoms with Crippen LogP contribution in [0.1, 0.15) is 0 Å². The number of hydrogen-bond acceptors (Lipinski definition) is 6. The molecule has 2 heterocycles. The molecule has 2 aromatic heterocycles. The van der Waals surface area contributed by atoms with Gasteiger partial charge in [0.05, 0.1) is 23.7 Å². The Labute approximate surface area is 159 Å². The van der Waals surface area contributed by atoms with Crippen molar-refractivity contribution < 1.29 is 28.7 Å². The first kappa shape index (κ1) is 21.6. The minimum absolute atomic E-state index is 0.195. The van der Waals surface area contributed by atoms with E-state index in [4.69, 9.17) is 19.6 Å². The van der Waals surface area contributed by atoms with Crippen LogP contribution in [0.3, 0.4) is 0 Å². The molecule has 0 atom stereocenters. The van der Waals surface area contributed by atoms with Gasteiger partial charge in [-0.2, -0.15) is 0 Å². The largest absolute Gasteiger partial charge is 0.326 e. The molecule has 0 amide bonds. The summed E-state index contributed by atoms with van der Waals surface area (Å²) in [6.45, 7) is 0. The van der Waals surface area contributed by atoms with Crippen LogP contribution in [0.2, 0.25) is 0 Å². The molecule has 0 aromatic carbocycles. The number of nitrogens with zero attached hydrogens (tertiary/aromatic N) is 2. The highest BCUT2D eigenvalue weighted by atomic mass is 32.2. The zero-order chi connectivity index (χ0) is 19.2. The molecule has 8 nitrogen and oxygen atoms in total. The average molecular weight is 436 g/mol. The van der Waals surface area contributed by atoms with E-state index in [1.165, 1.54) is 23.5 Å². The Hall–Kier alpha value is -0.700. The lowest BCUT2D eigenvalue weighted by molar-refractivity contribution is 0.373. The van der Waals surface area contributed by atoms with E-state index in [9.17, 15) is 9.13 Å². The predicted molar refractivity (Wildman–Crippen MR) is 103 cm³/mol. The highest BCUT2D eigenvalue weighted by molar-refractivity contribution is 7.99. The SMILES string of the molecule is O=P(O)(O)CCSc1ccnc(-c2cc(SCCP(=O)(O)O)ccn2)c1. The predicted octanol–water partition coefficient (Wildman–Crippen LogP) is 2.68. The first-order valence-corrected chi connectivity index (χ1v) is 13.0. The summed E-state index contributed by atoms with van der Waals surface area (Å²) >= 11 is 2.65. The summed E-state index contributed by atoms with van der Waals surface area (Å²) in [5, 5.41) is 0. The van der Waals surface area contributed by atoms with E-state index in [1.807, 2.05) is 0 Å². The fraction of sp³-hybridized carbons (Fsp3) is 0.286. The molecular weight excluding hydrogens is 418 g/mol. The van der Waals surface area contributed by atoms with Gasteiger partial charge in [-0.25, -0.2) is 0 Å². The van der Waals surface area contributed by atoms with Crippen LogP contribution < -0.4 is 0 Å². The van der Waals surface area contributed by atoms with E-state index < -0.39 is 15.2 Å². The van der Waals surface area contributed by atoms with Crippen LogP contribution >= 0.6 is 38.7 Å². The van der Waals surface area contributed by atoms with Crippen LogP contribution in [0.25, 0.3) is 11.4 Å². The van der Waals surface area contributed by atoms with Gasteiger partial charge in [0.1, 0.15) is 0 Å². The van der Waals surface area contributed by atoms with E-state index in [-0.39, 0.29) is 12.3 Å². The molecule has 0 aliphatic rings. The number of aromatic nitrogens is 2. The maximum absolute atomic E-state index is 10.9. The molecule has 142 valence electrons. The van der Waals surface area contributed by atoms with Crippen LogP contribution in [-0.2, 0) is 9.13 Å². The molecule has 0 fully saturated rings. The van der Waals surface area contributed by atoms with Crippen molar-refractivity contribution in [1.29, 1.82) is 0 Å². The highest BCUT2D eigenvalue weighted by Crippen LogP contribution is 2.37. The normalized spacial score (nSPS) is 12.3. The van der Waals surface area contributed by atoms with Crippen LogP contribution in [0.5, 0.6) is 0 Å². The van der Waals surface area contributed by atoms with Gasteiger partial charge in [-0.3, -0.25) is 19.1 Å². The number of hydrogen-bond donors (Lipinski definition) is 4. The van der Waals surface area contributed by atoms with Crippen molar-refractivity contribution in [3.05, 3.63) is 36.7 Å². The lowest BCUT2D eigenvalue weighted by atomic mass is 10.2. The molecule has 0 saturated heterocycles. The highest BCUT2D eigenvalue weighted by Gasteiger charge is 2.14. The van der Waals surface area contributed by atoms with Crippen molar-refractivity contribution in [1.82, 2.24) is 9.97 Å². The first-order valence-electron chi connectivity index (χ1n) is 7.40. The molecule has 0 aliphatic carbocycles. The molecule has 0 spiro atoms. The Morgan fingerprint density at radius 1 is 0.769 bits per heavy atom. The summed E-state index contributed by atoms with van der Waals surface area (Å²) in [6, 6.07) is 7.09. The summed E-state index contributed by atoms with van der Waals surface area (Å²) in [6.07, 6.45) is 2.81. The van der Waals surface area contributed by atoms with Crippen molar-refractivity contribution in [2.24, 2.45) is 0 Å². The van der Waals surface area contributed by atoms with E-state index in [0.717, 1.165) is 9.79 Å². The fourth-order valence-electron chi connectivity index (χ4n) is 1.85. The molecule has 0 saturated carbocycles. The summed E-state index contributed by atoms with van der Waals surface area (Å²) in [7, 11) is -8.02. The molecule has 0 radical (unpaired) electrons. The molecule has 26 heavy (non-hydrogen) atoms. The third-order valence-corrected chi connectivity index (χ3v) is 7.24. The van der Waals surface area contributed by atoms with E-state index in [0.29, 0.717) is 22.9 Å². The van der Waals surface area contributed by atoms with Crippen LogP contribution in [0, 0.1) is 0 Å². The summed E-state index contributed by atoms with van der Waals surface area (Å²) in [5.74, 6) is 0.582. The average Bonchev–Trinajstić information content (AvgIpc) is 2.53. The number of rotatable bonds is 9. The summed E-state index contributed by atoms with van der Waals surface area (Å²) in [5.41, 5.74) is 1.23. The monoisotopic (exact) mass is 436 g/mol. The Balaban J connectivity index is 2.04. The first-order chi connectivity index (χ1) is 12.1. The van der Waals surface area contributed by atoms with Gasteiger partial charge < -0.3 is 19.6 Å².